The fourth-order valence-corrected chi connectivity index (χ4v) is 5.77. The number of carbonyl (C=O) groups is 1. The summed E-state index contributed by atoms with van der Waals surface area (Å²) in [5, 5.41) is 1.55. The van der Waals surface area contributed by atoms with Crippen LogP contribution in [0.3, 0.4) is 0 Å². The minimum atomic E-state index is -3.86. The number of hydrogen-bond acceptors (Lipinski definition) is 5. The van der Waals surface area contributed by atoms with Crippen LogP contribution in [0.1, 0.15) is 30.4 Å². The molecule has 3 atom stereocenters. The number of ether oxygens (including phenoxy) is 2. The van der Waals surface area contributed by atoms with Crippen LogP contribution in [0.25, 0.3) is 0 Å². The summed E-state index contributed by atoms with van der Waals surface area (Å²) >= 11 is 0. The Morgan fingerprint density at radius 2 is 1.89 bits per heavy atom. The van der Waals surface area contributed by atoms with E-state index in [1.165, 1.54) is 0 Å². The van der Waals surface area contributed by atoms with E-state index in [0.717, 1.165) is 5.56 Å². The average molecular weight is 387 g/mol. The van der Waals surface area contributed by atoms with Gasteiger partial charge in [0, 0.05) is 18.4 Å². The molecule has 2 aromatic carbocycles. The first-order valence-electron chi connectivity index (χ1n) is 8.73. The Hall–Kier alpha value is -2.54. The maximum absolute atomic E-state index is 13.3. The number of methoxy groups -OCH3 is 1. The zero-order chi connectivity index (χ0) is 19.4. The fraction of sp³-hybridized carbons (Fsp3) is 0.350. The minimum Gasteiger partial charge on any atom is -0.497 e. The Morgan fingerprint density at radius 1 is 1.19 bits per heavy atom. The van der Waals surface area contributed by atoms with E-state index in [1.807, 2.05) is 6.92 Å². The molecule has 2 aliphatic heterocycles. The molecule has 4 rings (SSSR count). The van der Waals surface area contributed by atoms with Crippen LogP contribution in [-0.4, -0.2) is 32.4 Å². The Balaban J connectivity index is 1.84. The quantitative estimate of drug-likeness (QED) is 0.875. The number of carbonyl (C=O) groups excluding carboxylic acids is 1. The van der Waals surface area contributed by atoms with Crippen molar-refractivity contribution in [3.8, 4) is 11.5 Å². The first-order chi connectivity index (χ1) is 12.7. The van der Waals surface area contributed by atoms with Gasteiger partial charge in [0.2, 0.25) is 5.91 Å². The van der Waals surface area contributed by atoms with Gasteiger partial charge in [0.1, 0.15) is 11.5 Å². The molecule has 0 saturated carbocycles. The van der Waals surface area contributed by atoms with E-state index in [9.17, 15) is 13.2 Å². The molecule has 6 nitrogen and oxygen atoms in total. The molecule has 1 N–H and O–H groups in total. The van der Waals surface area contributed by atoms with Gasteiger partial charge in [-0.2, -0.15) is 0 Å². The van der Waals surface area contributed by atoms with Crippen molar-refractivity contribution in [1.82, 2.24) is 5.32 Å². The third kappa shape index (κ3) is 2.86. The lowest BCUT2D eigenvalue weighted by atomic mass is 9.81. The lowest BCUT2D eigenvalue weighted by molar-refractivity contribution is -0.132. The molecule has 0 aromatic heterocycles. The number of benzene rings is 2. The van der Waals surface area contributed by atoms with Gasteiger partial charge < -0.3 is 14.8 Å². The zero-order valence-corrected chi connectivity index (χ0v) is 16.2. The summed E-state index contributed by atoms with van der Waals surface area (Å²) in [6.07, 6.45) is 0.383. The lowest BCUT2D eigenvalue weighted by Gasteiger charge is -2.46. The first-order valence-corrected chi connectivity index (χ1v) is 10.3. The number of aryl methyl sites for hydroxylation is 1. The number of fused-ring (bicyclic) bond motifs is 4. The molecule has 0 spiro atoms. The van der Waals surface area contributed by atoms with Crippen LogP contribution < -0.4 is 14.8 Å². The van der Waals surface area contributed by atoms with Crippen LogP contribution in [0.15, 0.2) is 47.4 Å². The lowest BCUT2D eigenvalue weighted by Crippen LogP contribution is -2.63. The summed E-state index contributed by atoms with van der Waals surface area (Å²) in [7, 11) is -2.31. The molecule has 142 valence electrons. The summed E-state index contributed by atoms with van der Waals surface area (Å²) < 4.78 is 37.9. The summed E-state index contributed by atoms with van der Waals surface area (Å²) in [6.45, 7) is 3.65. The number of nitrogens with one attached hydrogen (secondary N) is 1. The van der Waals surface area contributed by atoms with Crippen LogP contribution >= 0.6 is 0 Å². The average Bonchev–Trinajstić information content (AvgIpc) is 2.60. The molecule has 2 bridgehead atoms. The summed E-state index contributed by atoms with van der Waals surface area (Å²) in [6, 6.07) is 11.9. The Morgan fingerprint density at radius 3 is 2.56 bits per heavy atom. The number of piperidine rings is 1. The van der Waals surface area contributed by atoms with E-state index in [2.05, 4.69) is 5.32 Å². The van der Waals surface area contributed by atoms with E-state index < -0.39 is 32.6 Å². The molecule has 1 fully saturated rings. The van der Waals surface area contributed by atoms with E-state index >= 15 is 0 Å². The molecular formula is C20H21NO5S. The monoisotopic (exact) mass is 387 g/mol. The third-order valence-electron chi connectivity index (χ3n) is 5.26. The van der Waals surface area contributed by atoms with Gasteiger partial charge in [-0.1, -0.05) is 23.8 Å². The Kier molecular flexibility index (Phi) is 3.96. The second-order valence-corrected chi connectivity index (χ2v) is 9.38. The number of amides is 1. The molecule has 27 heavy (non-hydrogen) atoms. The summed E-state index contributed by atoms with van der Waals surface area (Å²) in [5.74, 6) is 0.124. The van der Waals surface area contributed by atoms with E-state index in [0.29, 0.717) is 23.5 Å². The highest BCUT2D eigenvalue weighted by Crippen LogP contribution is 2.48. The Bertz CT molecular complexity index is 1020. The van der Waals surface area contributed by atoms with E-state index in [-0.39, 0.29) is 4.90 Å². The molecule has 2 heterocycles. The second kappa shape index (κ2) is 5.99. The van der Waals surface area contributed by atoms with Crippen LogP contribution in [-0.2, 0) is 14.6 Å². The van der Waals surface area contributed by atoms with Gasteiger partial charge in [-0.3, -0.25) is 4.79 Å². The van der Waals surface area contributed by atoms with Gasteiger partial charge in [0.25, 0.3) is 0 Å². The standard InChI is InChI=1S/C20H21NO5S/c1-12-4-7-14(8-5-12)27(23,24)18-16-11-20(2,21-19(18)22)26-17-10-13(25-3)6-9-15(16)17/h4-10,16,18H,11H2,1-3H3,(H,21,22)/t16-,18?,20-/m1/s1. The van der Waals surface area contributed by atoms with Crippen LogP contribution in [0.5, 0.6) is 11.5 Å². The third-order valence-corrected chi connectivity index (χ3v) is 7.40. The molecule has 0 aliphatic carbocycles. The fourth-order valence-electron chi connectivity index (χ4n) is 3.94. The van der Waals surface area contributed by atoms with Crippen molar-refractivity contribution in [2.75, 3.05) is 7.11 Å². The highest BCUT2D eigenvalue weighted by molar-refractivity contribution is 7.92. The van der Waals surface area contributed by atoms with Crippen LogP contribution in [0, 0.1) is 6.92 Å². The van der Waals surface area contributed by atoms with E-state index in [4.69, 9.17) is 9.47 Å². The molecule has 1 saturated heterocycles. The number of hydrogen-bond donors (Lipinski definition) is 1. The van der Waals surface area contributed by atoms with Gasteiger partial charge >= 0.3 is 0 Å². The van der Waals surface area contributed by atoms with Crippen LogP contribution in [0.4, 0.5) is 0 Å². The Labute approximate surface area is 158 Å². The molecular weight excluding hydrogens is 366 g/mol. The van der Waals surface area contributed by atoms with Gasteiger partial charge in [-0.05, 0) is 37.6 Å². The molecule has 2 aliphatic rings. The summed E-state index contributed by atoms with van der Waals surface area (Å²) in [5.41, 5.74) is 0.724. The van der Waals surface area contributed by atoms with Crippen molar-refractivity contribution in [3.05, 3.63) is 53.6 Å². The zero-order valence-electron chi connectivity index (χ0n) is 15.4. The maximum Gasteiger partial charge on any atom is 0.242 e. The largest absolute Gasteiger partial charge is 0.497 e. The molecule has 2 aromatic rings. The summed E-state index contributed by atoms with van der Waals surface area (Å²) in [4.78, 5) is 13.0. The van der Waals surface area contributed by atoms with Crippen molar-refractivity contribution in [2.45, 2.75) is 42.1 Å². The first kappa shape index (κ1) is 17.9. The van der Waals surface area contributed by atoms with Crippen molar-refractivity contribution >= 4 is 15.7 Å². The highest BCUT2D eigenvalue weighted by atomic mass is 32.2. The van der Waals surface area contributed by atoms with Gasteiger partial charge in [0.15, 0.2) is 20.8 Å². The smallest absolute Gasteiger partial charge is 0.242 e. The maximum atomic E-state index is 13.3. The highest BCUT2D eigenvalue weighted by Gasteiger charge is 2.54. The van der Waals surface area contributed by atoms with Crippen molar-refractivity contribution < 1.29 is 22.7 Å². The predicted molar refractivity (Wildman–Crippen MR) is 99.7 cm³/mol. The van der Waals surface area contributed by atoms with Gasteiger partial charge in [0.05, 0.1) is 12.0 Å². The van der Waals surface area contributed by atoms with Gasteiger partial charge in [-0.15, -0.1) is 0 Å². The van der Waals surface area contributed by atoms with Crippen molar-refractivity contribution in [2.24, 2.45) is 0 Å². The van der Waals surface area contributed by atoms with Crippen molar-refractivity contribution in [3.63, 3.8) is 0 Å². The second-order valence-electron chi connectivity index (χ2n) is 7.32. The molecule has 7 heteroatoms. The minimum absolute atomic E-state index is 0.151. The van der Waals surface area contributed by atoms with E-state index in [1.54, 1.807) is 56.5 Å². The topological polar surface area (TPSA) is 81.7 Å². The predicted octanol–water partition coefficient (Wildman–Crippen LogP) is 2.56. The van der Waals surface area contributed by atoms with Gasteiger partial charge in [-0.25, -0.2) is 8.42 Å². The normalized spacial score (nSPS) is 26.6. The molecule has 1 amide bonds. The van der Waals surface area contributed by atoms with Crippen molar-refractivity contribution in [1.29, 1.82) is 0 Å². The molecule has 0 radical (unpaired) electrons. The number of sulfone groups is 1. The molecule has 1 unspecified atom stereocenters. The van der Waals surface area contributed by atoms with Crippen LogP contribution in [0.2, 0.25) is 0 Å². The number of rotatable bonds is 3. The SMILES string of the molecule is COc1ccc2c(c1)O[C@]1(C)C[C@H]2C(S(=O)(=O)c2ccc(C)cc2)C(=O)N1.